The Balaban J connectivity index is 0.00000196. The average Bonchev–Trinajstić information content (AvgIpc) is 2.06. The van der Waals surface area contributed by atoms with Crippen LogP contribution in [0.1, 0.15) is 5.56 Å². The van der Waals surface area contributed by atoms with E-state index in [1.165, 1.54) is 18.2 Å². The van der Waals surface area contributed by atoms with Gasteiger partial charge in [-0.1, -0.05) is 35.3 Å². The monoisotopic (exact) mass is 278 g/mol. The third-order valence-electron chi connectivity index (χ3n) is 1.45. The van der Waals surface area contributed by atoms with Gasteiger partial charge in [-0.3, -0.25) is 0 Å². The molecule has 76 valence electrons. The normalized spacial score (nSPS) is 11.5. The summed E-state index contributed by atoms with van der Waals surface area (Å²) in [6.07, 6.45) is 0.961. The first kappa shape index (κ1) is 16.0. The molecule has 1 aromatic carbocycles. The van der Waals surface area contributed by atoms with Crippen molar-refractivity contribution in [3.05, 3.63) is 39.8 Å². The molecule has 0 saturated heterocycles. The molecule has 0 unspecified atom stereocenters. The van der Waals surface area contributed by atoms with Crippen molar-refractivity contribution in [2.45, 2.75) is 0 Å². The predicted molar refractivity (Wildman–Crippen MR) is 54.6 cm³/mol. The van der Waals surface area contributed by atoms with Gasteiger partial charge in [-0.05, 0) is 17.7 Å². The minimum atomic E-state index is -4.90. The number of rotatable bonds is 2. The largest absolute Gasteiger partial charge is 1.00 e. The van der Waals surface area contributed by atoms with Crippen LogP contribution in [0.2, 0.25) is 10.0 Å². The van der Waals surface area contributed by atoms with Gasteiger partial charge in [-0.2, -0.15) is 0 Å². The summed E-state index contributed by atoms with van der Waals surface area (Å²) < 4.78 is 35.5. The first-order valence-corrected chi connectivity index (χ1v) is 4.48. The molecule has 0 saturated carbocycles. The SMILES string of the molecule is F[B-](F)(F)/C=C/c1ccc(Cl)c(Cl)c1.[K+]. The third-order valence-corrected chi connectivity index (χ3v) is 2.19. The smallest absolute Gasteiger partial charge is 0.445 e. The molecule has 0 nitrogen and oxygen atoms in total. The van der Waals surface area contributed by atoms with Gasteiger partial charge in [0.05, 0.1) is 10.0 Å². The van der Waals surface area contributed by atoms with Gasteiger partial charge in [0, 0.05) is 0 Å². The molecule has 0 heterocycles. The van der Waals surface area contributed by atoms with E-state index < -0.39 is 6.98 Å². The molecule has 0 fully saturated rings. The summed E-state index contributed by atoms with van der Waals surface area (Å²) in [5.74, 6) is 0.208. The summed E-state index contributed by atoms with van der Waals surface area (Å²) in [4.78, 5) is 0. The standard InChI is InChI=1S/C8H5BCl2F3.K/c10-7-2-1-6(5-8(7)11)3-4-9(12,13)14;/h1-5H;/q-1;+1/b4-3+;. The van der Waals surface area contributed by atoms with Crippen LogP contribution in [0, 0.1) is 0 Å². The molecule has 1 rings (SSSR count). The number of hydrogen-bond donors (Lipinski definition) is 0. The van der Waals surface area contributed by atoms with E-state index in [-0.39, 0.29) is 62.4 Å². The first-order chi connectivity index (χ1) is 6.38. The van der Waals surface area contributed by atoms with Gasteiger partial charge in [0.15, 0.2) is 0 Å². The maximum Gasteiger partial charge on any atom is 1.00 e. The van der Waals surface area contributed by atoms with Crippen LogP contribution in [0.4, 0.5) is 12.9 Å². The Kier molecular flexibility index (Phi) is 7.15. The van der Waals surface area contributed by atoms with E-state index in [2.05, 4.69) is 0 Å². The van der Waals surface area contributed by atoms with Crippen molar-refractivity contribution < 1.29 is 64.3 Å². The van der Waals surface area contributed by atoms with Crippen LogP contribution in [0.25, 0.3) is 6.08 Å². The van der Waals surface area contributed by atoms with E-state index in [0.29, 0.717) is 10.6 Å². The van der Waals surface area contributed by atoms with E-state index in [1.54, 1.807) is 0 Å². The van der Waals surface area contributed by atoms with E-state index in [0.717, 1.165) is 6.08 Å². The molecule has 0 aliphatic carbocycles. The molecule has 7 heteroatoms. The van der Waals surface area contributed by atoms with Crippen molar-refractivity contribution in [1.82, 2.24) is 0 Å². The Morgan fingerprint density at radius 2 is 1.67 bits per heavy atom. The van der Waals surface area contributed by atoms with Crippen molar-refractivity contribution in [3.8, 4) is 0 Å². The van der Waals surface area contributed by atoms with E-state index in [1.807, 2.05) is 0 Å². The fourth-order valence-corrected chi connectivity index (χ4v) is 1.14. The Morgan fingerprint density at radius 1 is 1.07 bits per heavy atom. The molecule has 15 heavy (non-hydrogen) atoms. The second-order valence-corrected chi connectivity index (χ2v) is 3.47. The van der Waals surface area contributed by atoms with Crippen LogP contribution in [0.5, 0.6) is 0 Å². The molecule has 0 aromatic heterocycles. The Hall–Kier alpha value is 1.03. The molecule has 0 radical (unpaired) electrons. The van der Waals surface area contributed by atoms with Crippen LogP contribution in [-0.4, -0.2) is 6.98 Å². The van der Waals surface area contributed by atoms with Crippen LogP contribution < -0.4 is 51.4 Å². The number of benzene rings is 1. The van der Waals surface area contributed by atoms with Crippen molar-refractivity contribution in [1.29, 1.82) is 0 Å². The molecule has 1 aromatic rings. The summed E-state index contributed by atoms with van der Waals surface area (Å²) in [6, 6.07) is 4.29. The fourth-order valence-electron chi connectivity index (χ4n) is 0.836. The molecule has 0 N–H and O–H groups in total. The predicted octanol–water partition coefficient (Wildman–Crippen LogP) is 1.40. The van der Waals surface area contributed by atoms with Crippen molar-refractivity contribution in [3.63, 3.8) is 0 Å². The summed E-state index contributed by atoms with van der Waals surface area (Å²) in [7, 11) is 0. The van der Waals surface area contributed by atoms with E-state index >= 15 is 0 Å². The Bertz CT molecular complexity index is 365. The zero-order valence-electron chi connectivity index (χ0n) is 7.85. The van der Waals surface area contributed by atoms with Crippen LogP contribution in [0.15, 0.2) is 24.2 Å². The Morgan fingerprint density at radius 3 is 2.13 bits per heavy atom. The van der Waals surface area contributed by atoms with Crippen molar-refractivity contribution in [2.24, 2.45) is 0 Å². The van der Waals surface area contributed by atoms with Gasteiger partial charge in [-0.25, -0.2) is 0 Å². The van der Waals surface area contributed by atoms with Gasteiger partial charge < -0.3 is 12.9 Å². The summed E-state index contributed by atoms with van der Waals surface area (Å²) in [6.45, 7) is -4.90. The summed E-state index contributed by atoms with van der Waals surface area (Å²) in [5, 5.41) is 0.560. The minimum absolute atomic E-state index is 0. The maximum absolute atomic E-state index is 11.8. The second kappa shape index (κ2) is 6.69. The van der Waals surface area contributed by atoms with Gasteiger partial charge >= 0.3 is 58.4 Å². The van der Waals surface area contributed by atoms with Gasteiger partial charge in [0.25, 0.3) is 0 Å². The molecule has 0 aliphatic heterocycles. The topological polar surface area (TPSA) is 0 Å². The van der Waals surface area contributed by atoms with Gasteiger partial charge in [0.1, 0.15) is 0 Å². The molecule has 0 bridgehead atoms. The molecular formula is C8H5BCl2F3K. The van der Waals surface area contributed by atoms with Crippen molar-refractivity contribution >= 4 is 36.3 Å². The first-order valence-electron chi connectivity index (χ1n) is 3.73. The van der Waals surface area contributed by atoms with Crippen LogP contribution >= 0.6 is 23.2 Å². The Labute approximate surface area is 138 Å². The van der Waals surface area contributed by atoms with Crippen molar-refractivity contribution in [2.75, 3.05) is 0 Å². The number of halogens is 5. The zero-order chi connectivity index (χ0) is 10.8. The molecule has 0 spiro atoms. The summed E-state index contributed by atoms with van der Waals surface area (Å²) in [5.41, 5.74) is 0.374. The van der Waals surface area contributed by atoms with E-state index in [9.17, 15) is 12.9 Å². The van der Waals surface area contributed by atoms with Crippen LogP contribution in [-0.2, 0) is 0 Å². The third kappa shape index (κ3) is 6.36. The molecule has 0 amide bonds. The quantitative estimate of drug-likeness (QED) is 0.718. The minimum Gasteiger partial charge on any atom is -0.445 e. The molecule has 0 aliphatic rings. The summed E-state index contributed by atoms with van der Waals surface area (Å²) >= 11 is 11.2. The second-order valence-electron chi connectivity index (χ2n) is 2.66. The average molecular weight is 279 g/mol. The fraction of sp³-hybridized carbons (Fsp3) is 0. The molecule has 0 atom stereocenters. The zero-order valence-corrected chi connectivity index (χ0v) is 12.5. The van der Waals surface area contributed by atoms with Gasteiger partial charge in [0.2, 0.25) is 0 Å². The molecular weight excluding hydrogens is 274 g/mol. The van der Waals surface area contributed by atoms with Crippen LogP contribution in [0.3, 0.4) is 0 Å². The van der Waals surface area contributed by atoms with E-state index in [4.69, 9.17) is 23.2 Å². The maximum atomic E-state index is 11.8. The van der Waals surface area contributed by atoms with Gasteiger partial charge in [-0.15, -0.1) is 5.98 Å². The number of hydrogen-bond acceptors (Lipinski definition) is 0.